The molecule has 0 aliphatic heterocycles. The first-order chi connectivity index (χ1) is 12.0. The third kappa shape index (κ3) is 4.12. The zero-order valence-corrected chi connectivity index (χ0v) is 16.1. The van der Waals surface area contributed by atoms with E-state index in [1.165, 1.54) is 0 Å². The number of fused-ring (bicyclic) bond motifs is 1. The van der Waals surface area contributed by atoms with Crippen molar-refractivity contribution in [2.45, 2.75) is 19.5 Å². The Bertz CT molecular complexity index is 879. The van der Waals surface area contributed by atoms with E-state index < -0.39 is 0 Å². The Labute approximate surface area is 160 Å². The van der Waals surface area contributed by atoms with E-state index in [0.29, 0.717) is 22.3 Å². The average Bonchev–Trinajstić information content (AvgIpc) is 3.00. The number of hydrogen-bond acceptors (Lipinski definition) is 4. The van der Waals surface area contributed by atoms with Gasteiger partial charge in [0.2, 0.25) is 5.91 Å². The first-order valence-electron chi connectivity index (χ1n) is 7.75. The summed E-state index contributed by atoms with van der Waals surface area (Å²) >= 11 is 13.8. The van der Waals surface area contributed by atoms with Crippen LogP contribution < -0.4 is 5.32 Å². The van der Waals surface area contributed by atoms with Gasteiger partial charge >= 0.3 is 0 Å². The van der Waals surface area contributed by atoms with Crippen LogP contribution in [0.15, 0.2) is 42.5 Å². The SMILES string of the molecule is C[C@@H](C(=O)Nc1cccc(Cl)c1Cl)N(C)Cc1nc2ccccc2s1. The Balaban J connectivity index is 1.67. The summed E-state index contributed by atoms with van der Waals surface area (Å²) in [5.41, 5.74) is 1.50. The minimum absolute atomic E-state index is 0.146. The summed E-state index contributed by atoms with van der Waals surface area (Å²) < 4.78 is 1.15. The van der Waals surface area contributed by atoms with E-state index >= 15 is 0 Å². The highest BCUT2D eigenvalue weighted by Crippen LogP contribution is 2.30. The highest BCUT2D eigenvalue weighted by atomic mass is 35.5. The molecule has 0 unspecified atom stereocenters. The van der Waals surface area contributed by atoms with Gasteiger partial charge in [-0.05, 0) is 38.2 Å². The van der Waals surface area contributed by atoms with Crippen LogP contribution in [0.4, 0.5) is 5.69 Å². The number of likely N-dealkylation sites (N-methyl/N-ethyl adjacent to an activating group) is 1. The van der Waals surface area contributed by atoms with Gasteiger partial charge in [0.05, 0.1) is 38.5 Å². The molecular formula is C18H17Cl2N3OS. The van der Waals surface area contributed by atoms with Crippen LogP contribution >= 0.6 is 34.5 Å². The monoisotopic (exact) mass is 393 g/mol. The van der Waals surface area contributed by atoms with Gasteiger partial charge in [-0.1, -0.05) is 41.4 Å². The second-order valence-electron chi connectivity index (χ2n) is 5.76. The van der Waals surface area contributed by atoms with Gasteiger partial charge in [0.15, 0.2) is 0 Å². The van der Waals surface area contributed by atoms with Crippen molar-refractivity contribution in [1.29, 1.82) is 0 Å². The van der Waals surface area contributed by atoms with E-state index in [1.807, 2.05) is 43.1 Å². The molecule has 1 N–H and O–H groups in total. The number of carbonyl (C=O) groups is 1. The molecule has 3 aromatic rings. The third-order valence-corrected chi connectivity index (χ3v) is 5.81. The Hall–Kier alpha value is -1.66. The second kappa shape index (κ2) is 7.70. The first-order valence-corrected chi connectivity index (χ1v) is 9.32. The Morgan fingerprint density at radius 1 is 1.24 bits per heavy atom. The maximum absolute atomic E-state index is 12.5. The van der Waals surface area contributed by atoms with Crippen LogP contribution in [-0.4, -0.2) is 28.9 Å². The van der Waals surface area contributed by atoms with Gasteiger partial charge < -0.3 is 5.32 Å². The van der Waals surface area contributed by atoms with Crippen molar-refractivity contribution >= 4 is 56.3 Å². The standard InChI is InChI=1S/C18H17Cl2N3OS/c1-11(18(24)22-14-8-5-6-12(19)17(14)20)23(2)10-16-21-13-7-3-4-9-15(13)25-16/h3-9,11H,10H2,1-2H3,(H,22,24)/t11-/m0/s1. The highest BCUT2D eigenvalue weighted by Gasteiger charge is 2.20. The molecule has 0 bridgehead atoms. The molecule has 1 amide bonds. The summed E-state index contributed by atoms with van der Waals surface area (Å²) in [7, 11) is 1.90. The lowest BCUT2D eigenvalue weighted by Gasteiger charge is -2.23. The van der Waals surface area contributed by atoms with Gasteiger partial charge in [-0.15, -0.1) is 11.3 Å². The molecule has 0 radical (unpaired) electrons. The molecule has 0 aliphatic rings. The minimum atomic E-state index is -0.345. The molecule has 0 saturated carbocycles. The van der Waals surface area contributed by atoms with Crippen molar-refractivity contribution in [3.8, 4) is 0 Å². The van der Waals surface area contributed by atoms with E-state index in [2.05, 4.69) is 10.3 Å². The zero-order chi connectivity index (χ0) is 18.0. The van der Waals surface area contributed by atoms with Crippen molar-refractivity contribution < 1.29 is 4.79 Å². The van der Waals surface area contributed by atoms with Crippen molar-refractivity contribution in [3.63, 3.8) is 0 Å². The summed E-state index contributed by atoms with van der Waals surface area (Å²) in [5.74, 6) is -0.146. The molecule has 0 saturated heterocycles. The molecule has 1 aromatic heterocycles. The van der Waals surface area contributed by atoms with Crippen LogP contribution in [0.25, 0.3) is 10.2 Å². The molecule has 3 rings (SSSR count). The summed E-state index contributed by atoms with van der Waals surface area (Å²) in [4.78, 5) is 19.1. The number of amides is 1. The van der Waals surface area contributed by atoms with Gasteiger partial charge in [-0.2, -0.15) is 0 Å². The maximum atomic E-state index is 12.5. The van der Waals surface area contributed by atoms with Crippen LogP contribution in [0.5, 0.6) is 0 Å². The van der Waals surface area contributed by atoms with Gasteiger partial charge in [0.1, 0.15) is 5.01 Å². The summed E-state index contributed by atoms with van der Waals surface area (Å²) in [6.45, 7) is 2.44. The third-order valence-electron chi connectivity index (χ3n) is 3.97. The van der Waals surface area contributed by atoms with Crippen LogP contribution in [-0.2, 0) is 11.3 Å². The van der Waals surface area contributed by atoms with Crippen molar-refractivity contribution in [2.24, 2.45) is 0 Å². The van der Waals surface area contributed by atoms with Crippen molar-refractivity contribution in [3.05, 3.63) is 57.5 Å². The number of anilines is 1. The van der Waals surface area contributed by atoms with Crippen LogP contribution in [0.3, 0.4) is 0 Å². The number of para-hydroxylation sites is 1. The number of thiazole rings is 1. The smallest absolute Gasteiger partial charge is 0.241 e. The van der Waals surface area contributed by atoms with Gasteiger partial charge in [0, 0.05) is 0 Å². The Kier molecular flexibility index (Phi) is 5.59. The quantitative estimate of drug-likeness (QED) is 0.658. The van der Waals surface area contributed by atoms with E-state index in [0.717, 1.165) is 15.2 Å². The largest absolute Gasteiger partial charge is 0.323 e. The van der Waals surface area contributed by atoms with Crippen LogP contribution in [0.2, 0.25) is 10.0 Å². The Morgan fingerprint density at radius 2 is 2.00 bits per heavy atom. The lowest BCUT2D eigenvalue weighted by molar-refractivity contribution is -0.120. The molecule has 0 aliphatic carbocycles. The molecule has 4 nitrogen and oxygen atoms in total. The van der Waals surface area contributed by atoms with Crippen molar-refractivity contribution in [1.82, 2.24) is 9.88 Å². The van der Waals surface area contributed by atoms with E-state index in [1.54, 1.807) is 29.5 Å². The zero-order valence-electron chi connectivity index (χ0n) is 13.8. The Morgan fingerprint density at radius 3 is 2.76 bits per heavy atom. The van der Waals surface area contributed by atoms with E-state index in [-0.39, 0.29) is 11.9 Å². The summed E-state index contributed by atoms with van der Waals surface area (Å²) in [6.07, 6.45) is 0. The maximum Gasteiger partial charge on any atom is 0.241 e. The predicted octanol–water partition coefficient (Wildman–Crippen LogP) is 5.06. The molecule has 2 aromatic carbocycles. The van der Waals surface area contributed by atoms with Crippen LogP contribution in [0.1, 0.15) is 11.9 Å². The van der Waals surface area contributed by atoms with Gasteiger partial charge in [-0.25, -0.2) is 4.98 Å². The summed E-state index contributed by atoms with van der Waals surface area (Å²) in [6, 6.07) is 12.8. The number of halogens is 2. The van der Waals surface area contributed by atoms with Gasteiger partial charge in [0.25, 0.3) is 0 Å². The molecule has 0 spiro atoms. The fourth-order valence-corrected chi connectivity index (χ4v) is 3.75. The number of nitrogens with one attached hydrogen (secondary N) is 1. The fraction of sp³-hybridized carbons (Fsp3) is 0.222. The summed E-state index contributed by atoms with van der Waals surface area (Å²) in [5, 5.41) is 4.56. The number of rotatable bonds is 5. The van der Waals surface area contributed by atoms with E-state index in [4.69, 9.17) is 23.2 Å². The lowest BCUT2D eigenvalue weighted by Crippen LogP contribution is -2.39. The number of benzene rings is 2. The first kappa shape index (κ1) is 18.1. The molecule has 1 atom stereocenters. The fourth-order valence-electron chi connectivity index (χ4n) is 2.38. The molecule has 0 fully saturated rings. The van der Waals surface area contributed by atoms with E-state index in [9.17, 15) is 4.79 Å². The van der Waals surface area contributed by atoms with Gasteiger partial charge in [-0.3, -0.25) is 9.69 Å². The molecular weight excluding hydrogens is 377 g/mol. The number of aromatic nitrogens is 1. The topological polar surface area (TPSA) is 45.2 Å². The second-order valence-corrected chi connectivity index (χ2v) is 7.66. The number of carbonyl (C=O) groups excluding carboxylic acids is 1. The normalized spacial score (nSPS) is 12.5. The lowest BCUT2D eigenvalue weighted by atomic mass is 10.2. The predicted molar refractivity (Wildman–Crippen MR) is 106 cm³/mol. The number of nitrogens with zero attached hydrogens (tertiary/aromatic N) is 2. The minimum Gasteiger partial charge on any atom is -0.323 e. The molecule has 7 heteroatoms. The average molecular weight is 394 g/mol. The van der Waals surface area contributed by atoms with Crippen LogP contribution in [0, 0.1) is 0 Å². The molecule has 25 heavy (non-hydrogen) atoms. The molecule has 130 valence electrons. The number of hydrogen-bond donors (Lipinski definition) is 1. The molecule has 1 heterocycles. The van der Waals surface area contributed by atoms with Crippen molar-refractivity contribution in [2.75, 3.05) is 12.4 Å². The highest BCUT2D eigenvalue weighted by molar-refractivity contribution is 7.18.